The number of hydrogen-bond donors (Lipinski definition) is 0. The van der Waals surface area contributed by atoms with Gasteiger partial charge in [-0.1, -0.05) is 0 Å². The molecule has 2 fully saturated rings. The van der Waals surface area contributed by atoms with Crippen molar-refractivity contribution in [2.24, 2.45) is 0 Å². The van der Waals surface area contributed by atoms with Crippen LogP contribution in [0.15, 0.2) is 36.5 Å². The molecule has 1 amide bonds. The van der Waals surface area contributed by atoms with Gasteiger partial charge < -0.3 is 14.5 Å². The summed E-state index contributed by atoms with van der Waals surface area (Å²) in [5.41, 5.74) is 2.58. The molecule has 2 aromatic heterocycles. The maximum atomic E-state index is 13.8. The molecular formula is C24H28FN5O2. The number of hydrogen-bond acceptors (Lipinski definition) is 5. The van der Waals surface area contributed by atoms with E-state index in [1.54, 1.807) is 6.07 Å². The van der Waals surface area contributed by atoms with Gasteiger partial charge in [0.15, 0.2) is 0 Å². The molecule has 5 rings (SSSR count). The molecule has 0 bridgehead atoms. The van der Waals surface area contributed by atoms with Crippen LogP contribution in [0, 0.1) is 12.7 Å². The second kappa shape index (κ2) is 8.86. The van der Waals surface area contributed by atoms with Crippen molar-refractivity contribution in [2.45, 2.75) is 45.3 Å². The number of anilines is 1. The van der Waals surface area contributed by atoms with E-state index < -0.39 is 0 Å². The Hall–Kier alpha value is -3.00. The van der Waals surface area contributed by atoms with E-state index in [2.05, 4.69) is 16.1 Å². The normalized spacial score (nSPS) is 16.5. The Morgan fingerprint density at radius 3 is 2.75 bits per heavy atom. The van der Waals surface area contributed by atoms with Crippen molar-refractivity contribution in [3.63, 3.8) is 0 Å². The molecule has 2 aliphatic rings. The molecule has 168 valence electrons. The van der Waals surface area contributed by atoms with Gasteiger partial charge in [0.2, 0.25) is 5.91 Å². The highest BCUT2D eigenvalue weighted by molar-refractivity contribution is 5.83. The smallest absolute Gasteiger partial charge is 0.224 e. The van der Waals surface area contributed by atoms with E-state index >= 15 is 0 Å². The van der Waals surface area contributed by atoms with Crippen LogP contribution in [-0.2, 0) is 22.6 Å². The fraction of sp³-hybridized carbons (Fsp3) is 0.458. The summed E-state index contributed by atoms with van der Waals surface area (Å²) in [5, 5.41) is 5.27. The van der Waals surface area contributed by atoms with E-state index in [9.17, 15) is 9.18 Å². The number of aromatic nitrogens is 3. The average molecular weight is 438 g/mol. The molecule has 3 aromatic rings. The van der Waals surface area contributed by atoms with Gasteiger partial charge >= 0.3 is 0 Å². The van der Waals surface area contributed by atoms with Crippen molar-refractivity contribution in [1.82, 2.24) is 19.7 Å². The molecule has 0 atom stereocenters. The van der Waals surface area contributed by atoms with E-state index in [0.717, 1.165) is 48.4 Å². The van der Waals surface area contributed by atoms with Crippen molar-refractivity contribution >= 4 is 22.6 Å². The average Bonchev–Trinajstić information content (AvgIpc) is 3.56. The largest absolute Gasteiger partial charge is 0.378 e. The number of benzene rings is 1. The van der Waals surface area contributed by atoms with Crippen LogP contribution in [0.4, 0.5) is 10.2 Å². The van der Waals surface area contributed by atoms with E-state index in [1.807, 2.05) is 28.8 Å². The van der Waals surface area contributed by atoms with Gasteiger partial charge in [-0.15, -0.1) is 0 Å². The Labute approximate surface area is 186 Å². The van der Waals surface area contributed by atoms with Gasteiger partial charge in [0.05, 0.1) is 24.4 Å². The predicted octanol–water partition coefficient (Wildman–Crippen LogP) is 3.30. The standard InChI is InChI=1S/C24H28FN5O2/c1-17-6-8-29(27-17)9-7-23(31)30(21-4-5-21)16-19-14-18-2-3-20(25)15-22(18)26-24(19)28-10-12-32-13-11-28/h2-3,6,8,14-15,21H,4-5,7,9-13,16H2,1H3. The lowest BCUT2D eigenvalue weighted by atomic mass is 10.1. The summed E-state index contributed by atoms with van der Waals surface area (Å²) in [4.78, 5) is 22.2. The molecule has 1 saturated carbocycles. The fourth-order valence-electron chi connectivity index (χ4n) is 4.27. The Kier molecular flexibility index (Phi) is 5.78. The quantitative estimate of drug-likeness (QED) is 0.568. The first-order valence-electron chi connectivity index (χ1n) is 11.3. The van der Waals surface area contributed by atoms with Crippen molar-refractivity contribution in [1.29, 1.82) is 0 Å². The minimum atomic E-state index is -0.297. The summed E-state index contributed by atoms with van der Waals surface area (Å²) in [6.45, 7) is 5.76. The molecule has 7 nitrogen and oxygen atoms in total. The highest BCUT2D eigenvalue weighted by Crippen LogP contribution is 2.32. The third kappa shape index (κ3) is 4.60. The van der Waals surface area contributed by atoms with Crippen molar-refractivity contribution in [2.75, 3.05) is 31.2 Å². The van der Waals surface area contributed by atoms with Gasteiger partial charge in [-0.3, -0.25) is 9.48 Å². The van der Waals surface area contributed by atoms with Gasteiger partial charge in [0.1, 0.15) is 11.6 Å². The number of carbonyl (C=O) groups is 1. The summed E-state index contributed by atoms with van der Waals surface area (Å²) in [7, 11) is 0. The van der Waals surface area contributed by atoms with E-state index in [1.165, 1.54) is 12.1 Å². The van der Waals surface area contributed by atoms with E-state index in [0.29, 0.717) is 38.2 Å². The Balaban J connectivity index is 1.42. The van der Waals surface area contributed by atoms with Gasteiger partial charge in [0, 0.05) is 61.9 Å². The minimum absolute atomic E-state index is 0.132. The molecule has 8 heteroatoms. The molecular weight excluding hydrogens is 409 g/mol. The molecule has 32 heavy (non-hydrogen) atoms. The van der Waals surface area contributed by atoms with Crippen LogP contribution < -0.4 is 4.90 Å². The SMILES string of the molecule is Cc1ccn(CCC(=O)N(Cc2cc3ccc(F)cc3nc2N2CCOCC2)C2CC2)n1. The Morgan fingerprint density at radius 1 is 1.22 bits per heavy atom. The van der Waals surface area contributed by atoms with Gasteiger partial charge in [-0.25, -0.2) is 9.37 Å². The number of fused-ring (bicyclic) bond motifs is 1. The summed E-state index contributed by atoms with van der Waals surface area (Å²) in [6, 6.07) is 8.97. The Bertz CT molecular complexity index is 1120. The monoisotopic (exact) mass is 437 g/mol. The number of carbonyl (C=O) groups excluding carboxylic acids is 1. The Morgan fingerprint density at radius 2 is 2.03 bits per heavy atom. The molecule has 0 unspecified atom stereocenters. The van der Waals surface area contributed by atoms with Gasteiger partial charge in [-0.05, 0) is 44.0 Å². The molecule has 1 saturated heterocycles. The topological polar surface area (TPSA) is 63.5 Å². The zero-order valence-corrected chi connectivity index (χ0v) is 18.3. The zero-order valence-electron chi connectivity index (χ0n) is 18.3. The van der Waals surface area contributed by atoms with Crippen LogP contribution in [0.2, 0.25) is 0 Å². The third-order valence-corrected chi connectivity index (χ3v) is 6.12. The predicted molar refractivity (Wildman–Crippen MR) is 120 cm³/mol. The first kappa shape index (κ1) is 20.9. The van der Waals surface area contributed by atoms with Crippen LogP contribution in [0.5, 0.6) is 0 Å². The first-order valence-corrected chi connectivity index (χ1v) is 11.3. The molecule has 1 aromatic carbocycles. The van der Waals surface area contributed by atoms with Crippen LogP contribution in [-0.4, -0.2) is 57.9 Å². The van der Waals surface area contributed by atoms with Gasteiger partial charge in [-0.2, -0.15) is 5.10 Å². The van der Waals surface area contributed by atoms with Crippen LogP contribution >= 0.6 is 0 Å². The molecule has 0 N–H and O–H groups in total. The number of nitrogens with zero attached hydrogens (tertiary/aromatic N) is 5. The van der Waals surface area contributed by atoms with Crippen LogP contribution in [0.3, 0.4) is 0 Å². The number of ether oxygens (including phenoxy) is 1. The highest BCUT2D eigenvalue weighted by atomic mass is 19.1. The van der Waals surface area contributed by atoms with Crippen LogP contribution in [0.1, 0.15) is 30.5 Å². The number of amides is 1. The number of morpholine rings is 1. The van der Waals surface area contributed by atoms with Crippen LogP contribution in [0.25, 0.3) is 10.9 Å². The maximum Gasteiger partial charge on any atom is 0.224 e. The lowest BCUT2D eigenvalue weighted by molar-refractivity contribution is -0.132. The summed E-state index contributed by atoms with van der Waals surface area (Å²) >= 11 is 0. The second-order valence-corrected chi connectivity index (χ2v) is 8.63. The first-order chi connectivity index (χ1) is 15.6. The maximum absolute atomic E-state index is 13.8. The minimum Gasteiger partial charge on any atom is -0.378 e. The number of pyridine rings is 1. The third-order valence-electron chi connectivity index (χ3n) is 6.12. The number of aryl methyl sites for hydroxylation is 2. The molecule has 0 spiro atoms. The van der Waals surface area contributed by atoms with E-state index in [4.69, 9.17) is 9.72 Å². The fourth-order valence-corrected chi connectivity index (χ4v) is 4.27. The lowest BCUT2D eigenvalue weighted by Crippen LogP contribution is -2.39. The van der Waals surface area contributed by atoms with Gasteiger partial charge in [0.25, 0.3) is 0 Å². The number of halogens is 1. The summed E-state index contributed by atoms with van der Waals surface area (Å²) in [5.74, 6) is 0.662. The molecule has 0 radical (unpaired) electrons. The zero-order chi connectivity index (χ0) is 22.1. The van der Waals surface area contributed by atoms with Crippen molar-refractivity contribution < 1.29 is 13.9 Å². The van der Waals surface area contributed by atoms with E-state index in [-0.39, 0.29) is 17.8 Å². The number of rotatable bonds is 7. The summed E-state index contributed by atoms with van der Waals surface area (Å²) in [6.07, 6.45) is 4.39. The molecule has 3 heterocycles. The highest BCUT2D eigenvalue weighted by Gasteiger charge is 2.33. The van der Waals surface area contributed by atoms with Crippen molar-refractivity contribution in [3.8, 4) is 0 Å². The second-order valence-electron chi connectivity index (χ2n) is 8.63. The van der Waals surface area contributed by atoms with Crippen molar-refractivity contribution in [3.05, 3.63) is 53.6 Å². The summed E-state index contributed by atoms with van der Waals surface area (Å²) < 4.78 is 21.2. The lowest BCUT2D eigenvalue weighted by Gasteiger charge is -2.31. The molecule has 1 aliphatic carbocycles. The molecule has 1 aliphatic heterocycles.